The van der Waals surface area contributed by atoms with Gasteiger partial charge in [0.05, 0.1) is 18.2 Å². The number of aromatic nitrogens is 2. The number of Topliss-reactive ketones (excluding diaryl/α,β-unsaturated/α-hetero) is 1. The van der Waals surface area contributed by atoms with Gasteiger partial charge < -0.3 is 5.11 Å². The third-order valence-electron chi connectivity index (χ3n) is 2.43. The van der Waals surface area contributed by atoms with Gasteiger partial charge in [0.1, 0.15) is 5.69 Å². The molecule has 0 amide bonds. The highest BCUT2D eigenvalue weighted by Gasteiger charge is 2.13. The first-order valence-electron chi connectivity index (χ1n) is 5.24. The second-order valence-electron chi connectivity index (χ2n) is 3.95. The lowest BCUT2D eigenvalue weighted by molar-refractivity contribution is 0.101. The van der Waals surface area contributed by atoms with E-state index in [9.17, 15) is 9.90 Å². The van der Waals surface area contributed by atoms with Gasteiger partial charge in [0.15, 0.2) is 5.78 Å². The average Bonchev–Trinajstić information content (AvgIpc) is 2.57. The molecule has 0 aliphatic heterocycles. The number of carbonyl (C=O) groups excluding carboxylic acids is 1. The van der Waals surface area contributed by atoms with Gasteiger partial charge in [-0.25, -0.2) is 0 Å². The number of hydrogen-bond donors (Lipinski definition) is 1. The van der Waals surface area contributed by atoms with Crippen LogP contribution in [0.2, 0.25) is 0 Å². The van der Waals surface area contributed by atoms with E-state index in [-0.39, 0.29) is 5.78 Å². The van der Waals surface area contributed by atoms with Crippen molar-refractivity contribution in [1.82, 2.24) is 9.78 Å². The molecule has 0 aliphatic carbocycles. The first-order chi connectivity index (χ1) is 7.59. The summed E-state index contributed by atoms with van der Waals surface area (Å²) in [7, 11) is 0. The molecule has 0 saturated heterocycles. The molecule has 16 heavy (non-hydrogen) atoms. The minimum atomic E-state index is -0.483. The van der Waals surface area contributed by atoms with Gasteiger partial charge in [-0.3, -0.25) is 9.48 Å². The van der Waals surface area contributed by atoms with Gasteiger partial charge in [-0.05, 0) is 13.0 Å². The van der Waals surface area contributed by atoms with Gasteiger partial charge >= 0.3 is 0 Å². The SMILES string of the molecule is CC(=O)c1nn(CC(C)O)c2ccccc12. The maximum Gasteiger partial charge on any atom is 0.180 e. The number of hydrogen-bond acceptors (Lipinski definition) is 3. The summed E-state index contributed by atoms with van der Waals surface area (Å²) in [6.07, 6.45) is -0.483. The lowest BCUT2D eigenvalue weighted by atomic mass is 10.2. The van der Waals surface area contributed by atoms with Crippen LogP contribution in [0.25, 0.3) is 10.9 Å². The molecular formula is C12H14N2O2. The minimum absolute atomic E-state index is 0.0551. The quantitative estimate of drug-likeness (QED) is 0.796. The molecule has 1 aromatic heterocycles. The van der Waals surface area contributed by atoms with E-state index >= 15 is 0 Å². The number of ketones is 1. The monoisotopic (exact) mass is 218 g/mol. The van der Waals surface area contributed by atoms with Gasteiger partial charge in [-0.2, -0.15) is 5.10 Å². The summed E-state index contributed by atoms with van der Waals surface area (Å²) in [4.78, 5) is 11.4. The van der Waals surface area contributed by atoms with Gasteiger partial charge in [0, 0.05) is 12.3 Å². The Labute approximate surface area is 93.5 Å². The highest BCUT2D eigenvalue weighted by Crippen LogP contribution is 2.18. The Morgan fingerprint density at radius 1 is 1.50 bits per heavy atom. The fourth-order valence-corrected chi connectivity index (χ4v) is 1.78. The molecule has 84 valence electrons. The molecule has 1 N–H and O–H groups in total. The van der Waals surface area contributed by atoms with Crippen molar-refractivity contribution < 1.29 is 9.90 Å². The van der Waals surface area contributed by atoms with Gasteiger partial charge in [0.2, 0.25) is 0 Å². The van der Waals surface area contributed by atoms with Crippen LogP contribution in [0, 0.1) is 0 Å². The van der Waals surface area contributed by atoms with E-state index in [1.165, 1.54) is 6.92 Å². The largest absolute Gasteiger partial charge is 0.391 e. The molecule has 1 atom stereocenters. The lowest BCUT2D eigenvalue weighted by Crippen LogP contribution is -2.13. The molecule has 0 aliphatic rings. The molecule has 0 radical (unpaired) electrons. The van der Waals surface area contributed by atoms with E-state index in [2.05, 4.69) is 5.10 Å². The van der Waals surface area contributed by atoms with E-state index in [4.69, 9.17) is 0 Å². The summed E-state index contributed by atoms with van der Waals surface area (Å²) < 4.78 is 1.68. The zero-order chi connectivity index (χ0) is 11.7. The van der Waals surface area contributed by atoms with Crippen LogP contribution in [0.1, 0.15) is 24.3 Å². The summed E-state index contributed by atoms with van der Waals surface area (Å²) in [5, 5.41) is 14.4. The Morgan fingerprint density at radius 3 is 2.81 bits per heavy atom. The molecule has 0 bridgehead atoms. The number of nitrogens with zero attached hydrogens (tertiary/aromatic N) is 2. The lowest BCUT2D eigenvalue weighted by Gasteiger charge is -2.05. The molecule has 1 unspecified atom stereocenters. The molecule has 1 heterocycles. The first-order valence-corrected chi connectivity index (χ1v) is 5.24. The predicted octanol–water partition coefficient (Wildman–Crippen LogP) is 1.62. The van der Waals surface area contributed by atoms with Crippen molar-refractivity contribution in [3.63, 3.8) is 0 Å². The number of benzene rings is 1. The Morgan fingerprint density at radius 2 is 2.19 bits per heavy atom. The van der Waals surface area contributed by atoms with Crippen molar-refractivity contribution in [2.45, 2.75) is 26.5 Å². The van der Waals surface area contributed by atoms with Crippen molar-refractivity contribution >= 4 is 16.7 Å². The second kappa shape index (κ2) is 4.06. The van der Waals surface area contributed by atoms with Crippen molar-refractivity contribution in [3.05, 3.63) is 30.0 Å². The summed E-state index contributed by atoms with van der Waals surface area (Å²) in [6, 6.07) is 7.55. The molecule has 0 saturated carbocycles. The van der Waals surface area contributed by atoms with E-state index in [0.717, 1.165) is 10.9 Å². The van der Waals surface area contributed by atoms with Crippen LogP contribution in [0.5, 0.6) is 0 Å². The molecule has 0 spiro atoms. The third-order valence-corrected chi connectivity index (χ3v) is 2.43. The minimum Gasteiger partial charge on any atom is -0.391 e. The Bertz CT molecular complexity index is 529. The summed E-state index contributed by atoms with van der Waals surface area (Å²) in [6.45, 7) is 3.60. The van der Waals surface area contributed by atoms with Crippen LogP contribution >= 0.6 is 0 Å². The van der Waals surface area contributed by atoms with Crippen LogP contribution < -0.4 is 0 Å². The van der Waals surface area contributed by atoms with Gasteiger partial charge in [-0.15, -0.1) is 0 Å². The fraction of sp³-hybridized carbons (Fsp3) is 0.333. The van der Waals surface area contributed by atoms with Crippen molar-refractivity contribution in [2.24, 2.45) is 0 Å². The first kappa shape index (κ1) is 10.8. The molecule has 4 nitrogen and oxygen atoms in total. The van der Waals surface area contributed by atoms with Crippen LogP contribution in [-0.4, -0.2) is 26.8 Å². The number of aliphatic hydroxyl groups is 1. The molecular weight excluding hydrogens is 204 g/mol. The van der Waals surface area contributed by atoms with E-state index in [1.54, 1.807) is 11.6 Å². The summed E-state index contributed by atoms with van der Waals surface area (Å²) >= 11 is 0. The smallest absolute Gasteiger partial charge is 0.180 e. The highest BCUT2D eigenvalue weighted by molar-refractivity contribution is 6.04. The topological polar surface area (TPSA) is 55.1 Å². The van der Waals surface area contributed by atoms with Crippen LogP contribution in [0.3, 0.4) is 0 Å². The van der Waals surface area contributed by atoms with Gasteiger partial charge in [0.25, 0.3) is 0 Å². The maximum atomic E-state index is 11.4. The Hall–Kier alpha value is -1.68. The van der Waals surface area contributed by atoms with Crippen LogP contribution in [0.4, 0.5) is 0 Å². The normalized spacial score (nSPS) is 12.9. The zero-order valence-corrected chi connectivity index (χ0v) is 9.34. The number of para-hydroxylation sites is 1. The fourth-order valence-electron chi connectivity index (χ4n) is 1.78. The zero-order valence-electron chi connectivity index (χ0n) is 9.34. The molecule has 0 fully saturated rings. The maximum absolute atomic E-state index is 11.4. The molecule has 2 rings (SSSR count). The van der Waals surface area contributed by atoms with Gasteiger partial charge in [-0.1, -0.05) is 18.2 Å². The average molecular weight is 218 g/mol. The number of fused-ring (bicyclic) bond motifs is 1. The molecule has 4 heteroatoms. The van der Waals surface area contributed by atoms with Crippen molar-refractivity contribution in [1.29, 1.82) is 0 Å². The van der Waals surface area contributed by atoms with Crippen molar-refractivity contribution in [2.75, 3.05) is 0 Å². The van der Waals surface area contributed by atoms with E-state index in [0.29, 0.717) is 12.2 Å². The van der Waals surface area contributed by atoms with Crippen LogP contribution in [-0.2, 0) is 6.54 Å². The molecule has 1 aromatic carbocycles. The Balaban J connectivity index is 2.62. The second-order valence-corrected chi connectivity index (χ2v) is 3.95. The van der Waals surface area contributed by atoms with E-state index < -0.39 is 6.10 Å². The molecule has 2 aromatic rings. The van der Waals surface area contributed by atoms with E-state index in [1.807, 2.05) is 24.3 Å². The standard InChI is InChI=1S/C12H14N2O2/c1-8(15)7-14-11-6-4-3-5-10(11)12(13-14)9(2)16/h3-6,8,15H,7H2,1-2H3. The highest BCUT2D eigenvalue weighted by atomic mass is 16.3. The number of carbonyl (C=O) groups is 1. The number of rotatable bonds is 3. The number of aliphatic hydroxyl groups excluding tert-OH is 1. The predicted molar refractivity (Wildman–Crippen MR) is 61.4 cm³/mol. The summed E-state index contributed by atoms with van der Waals surface area (Å²) in [5.41, 5.74) is 1.35. The van der Waals surface area contributed by atoms with Crippen LogP contribution in [0.15, 0.2) is 24.3 Å². The van der Waals surface area contributed by atoms with Crippen molar-refractivity contribution in [3.8, 4) is 0 Å². The summed E-state index contributed by atoms with van der Waals surface area (Å²) in [5.74, 6) is -0.0551. The third kappa shape index (κ3) is 1.84. The Kier molecular flexibility index (Phi) is 2.75.